The van der Waals surface area contributed by atoms with Crippen LogP contribution in [-0.4, -0.2) is 32.7 Å². The molecule has 1 aromatic heterocycles. The molecule has 0 aliphatic heterocycles. The molecule has 0 fully saturated rings. The van der Waals surface area contributed by atoms with Crippen LogP contribution < -0.4 is 16.2 Å². The van der Waals surface area contributed by atoms with E-state index in [4.69, 9.17) is 0 Å². The first-order chi connectivity index (χ1) is 13.5. The third-order valence-electron chi connectivity index (χ3n) is 3.57. The summed E-state index contributed by atoms with van der Waals surface area (Å²) < 4.78 is 0. The number of aromatic amines is 1. The predicted octanol–water partition coefficient (Wildman–Crippen LogP) is 2.52. The van der Waals surface area contributed by atoms with E-state index in [1.165, 1.54) is 6.92 Å². The molecule has 8 nitrogen and oxygen atoms in total. The highest BCUT2D eigenvalue weighted by atomic mass is 32.2. The van der Waals surface area contributed by atoms with E-state index in [2.05, 4.69) is 25.8 Å². The number of rotatable bonds is 6. The Hall–Kier alpha value is -3.46. The summed E-state index contributed by atoms with van der Waals surface area (Å²) in [5.41, 5.74) is 1.25. The minimum Gasteiger partial charge on any atom is -0.326 e. The number of para-hydroxylation sites is 2. The molecule has 0 aliphatic carbocycles. The Morgan fingerprint density at radius 1 is 1.00 bits per heavy atom. The van der Waals surface area contributed by atoms with Gasteiger partial charge in [0.25, 0.3) is 5.56 Å². The van der Waals surface area contributed by atoms with Gasteiger partial charge in [0.05, 0.1) is 11.4 Å². The Morgan fingerprint density at radius 2 is 1.71 bits per heavy atom. The van der Waals surface area contributed by atoms with Gasteiger partial charge in [0, 0.05) is 18.2 Å². The van der Waals surface area contributed by atoms with Crippen LogP contribution in [0.15, 0.2) is 64.5 Å². The second kappa shape index (κ2) is 8.96. The second-order valence-electron chi connectivity index (χ2n) is 5.74. The van der Waals surface area contributed by atoms with Gasteiger partial charge in [-0.2, -0.15) is 0 Å². The van der Waals surface area contributed by atoms with Crippen LogP contribution in [0.1, 0.15) is 6.92 Å². The maximum Gasteiger partial charge on any atom is 0.278 e. The van der Waals surface area contributed by atoms with Gasteiger partial charge in [-0.05, 0) is 18.2 Å². The molecule has 9 heteroatoms. The van der Waals surface area contributed by atoms with E-state index in [9.17, 15) is 14.4 Å². The fourth-order valence-corrected chi connectivity index (χ4v) is 3.01. The van der Waals surface area contributed by atoms with Crippen molar-refractivity contribution < 1.29 is 9.59 Å². The average Bonchev–Trinajstić information content (AvgIpc) is 2.67. The van der Waals surface area contributed by atoms with Crippen molar-refractivity contribution in [3.05, 3.63) is 65.0 Å². The average molecular weight is 395 g/mol. The molecule has 0 saturated heterocycles. The predicted molar refractivity (Wildman–Crippen MR) is 108 cm³/mol. The van der Waals surface area contributed by atoms with Gasteiger partial charge in [-0.3, -0.25) is 19.4 Å². The largest absolute Gasteiger partial charge is 0.326 e. The van der Waals surface area contributed by atoms with Gasteiger partial charge < -0.3 is 10.6 Å². The maximum atomic E-state index is 12.4. The summed E-state index contributed by atoms with van der Waals surface area (Å²) in [5.74, 6) is -0.409. The summed E-state index contributed by atoms with van der Waals surface area (Å²) in [6.45, 7) is 1.38. The number of hydrogen-bond acceptors (Lipinski definition) is 6. The summed E-state index contributed by atoms with van der Waals surface area (Å²) in [7, 11) is 0. The van der Waals surface area contributed by atoms with E-state index in [0.29, 0.717) is 16.9 Å². The summed E-state index contributed by atoms with van der Waals surface area (Å²) in [5, 5.41) is 13.6. The molecular weight excluding hydrogens is 378 g/mol. The van der Waals surface area contributed by atoms with Gasteiger partial charge in [0.15, 0.2) is 10.9 Å². The normalized spacial score (nSPS) is 10.3. The monoisotopic (exact) mass is 395 g/mol. The van der Waals surface area contributed by atoms with Crippen LogP contribution in [0.4, 0.5) is 11.4 Å². The lowest BCUT2D eigenvalue weighted by Gasteiger charge is -2.08. The lowest BCUT2D eigenvalue weighted by atomic mass is 10.1. The Balaban J connectivity index is 1.70. The molecule has 0 radical (unpaired) electrons. The van der Waals surface area contributed by atoms with Crippen LogP contribution in [0.25, 0.3) is 11.3 Å². The molecule has 0 spiro atoms. The third-order valence-corrected chi connectivity index (χ3v) is 4.43. The molecule has 2 aromatic carbocycles. The molecule has 28 heavy (non-hydrogen) atoms. The molecule has 1 heterocycles. The summed E-state index contributed by atoms with van der Waals surface area (Å²) in [4.78, 5) is 38.4. The lowest BCUT2D eigenvalue weighted by Crippen LogP contribution is -2.18. The molecule has 3 rings (SSSR count). The zero-order chi connectivity index (χ0) is 19.9. The molecular formula is C19H17N5O3S. The van der Waals surface area contributed by atoms with Gasteiger partial charge in [-0.1, -0.05) is 48.2 Å². The number of nitrogens with zero attached hydrogens (tertiary/aromatic N) is 2. The number of carbonyl (C=O) groups is 2. The molecule has 142 valence electrons. The number of benzene rings is 2. The van der Waals surface area contributed by atoms with E-state index in [1.54, 1.807) is 36.4 Å². The highest BCUT2D eigenvalue weighted by Crippen LogP contribution is 2.23. The first-order valence-corrected chi connectivity index (χ1v) is 9.33. The van der Waals surface area contributed by atoms with Crippen LogP contribution in [0.5, 0.6) is 0 Å². The fourth-order valence-electron chi connectivity index (χ4n) is 2.40. The number of aromatic nitrogens is 3. The van der Waals surface area contributed by atoms with E-state index in [1.807, 2.05) is 18.2 Å². The van der Waals surface area contributed by atoms with E-state index < -0.39 is 5.56 Å². The second-order valence-corrected chi connectivity index (χ2v) is 6.70. The van der Waals surface area contributed by atoms with Crippen molar-refractivity contribution in [2.45, 2.75) is 12.1 Å². The summed E-state index contributed by atoms with van der Waals surface area (Å²) in [6, 6.07) is 15.9. The first-order valence-electron chi connectivity index (χ1n) is 8.34. The zero-order valence-corrected chi connectivity index (χ0v) is 15.7. The maximum absolute atomic E-state index is 12.4. The number of nitrogens with one attached hydrogen (secondary N) is 3. The molecule has 0 unspecified atom stereocenters. The fraction of sp³-hybridized carbons (Fsp3) is 0.105. The zero-order valence-electron chi connectivity index (χ0n) is 14.9. The van der Waals surface area contributed by atoms with Gasteiger partial charge >= 0.3 is 0 Å². The number of H-pyrrole nitrogens is 1. The van der Waals surface area contributed by atoms with Crippen molar-refractivity contribution in [2.24, 2.45) is 0 Å². The number of carbonyl (C=O) groups excluding carboxylic acids is 2. The Kier molecular flexibility index (Phi) is 6.18. The minimum absolute atomic E-state index is 0.0708. The van der Waals surface area contributed by atoms with E-state index in [0.717, 1.165) is 11.8 Å². The quantitative estimate of drug-likeness (QED) is 0.552. The first kappa shape index (κ1) is 19.3. The van der Waals surface area contributed by atoms with Crippen LogP contribution >= 0.6 is 11.8 Å². The number of hydrogen-bond donors (Lipinski definition) is 3. The van der Waals surface area contributed by atoms with Crippen molar-refractivity contribution >= 4 is 35.0 Å². The van der Waals surface area contributed by atoms with Crippen molar-refractivity contribution in [3.63, 3.8) is 0 Å². The van der Waals surface area contributed by atoms with Crippen LogP contribution in [0.2, 0.25) is 0 Å². The van der Waals surface area contributed by atoms with Crippen molar-refractivity contribution in [2.75, 3.05) is 16.4 Å². The minimum atomic E-state index is -0.459. The topological polar surface area (TPSA) is 117 Å². The molecule has 0 atom stereocenters. The summed E-state index contributed by atoms with van der Waals surface area (Å²) >= 11 is 1.07. The number of anilines is 2. The van der Waals surface area contributed by atoms with Gasteiger partial charge in [0.2, 0.25) is 11.8 Å². The molecule has 0 saturated carbocycles. The van der Waals surface area contributed by atoms with Crippen LogP contribution in [0, 0.1) is 0 Å². The molecule has 3 N–H and O–H groups in total. The van der Waals surface area contributed by atoms with Crippen molar-refractivity contribution in [1.29, 1.82) is 0 Å². The van der Waals surface area contributed by atoms with Gasteiger partial charge in [-0.15, -0.1) is 10.2 Å². The van der Waals surface area contributed by atoms with Crippen molar-refractivity contribution in [3.8, 4) is 11.3 Å². The summed E-state index contributed by atoms with van der Waals surface area (Å²) in [6.07, 6.45) is 0. The van der Waals surface area contributed by atoms with Gasteiger partial charge in [-0.25, -0.2) is 0 Å². The Bertz CT molecular complexity index is 1050. The van der Waals surface area contributed by atoms with E-state index >= 15 is 0 Å². The SMILES string of the molecule is CC(=O)Nc1ccccc1-c1nnc(SCC(=O)Nc2ccccc2)[nH]c1=O. The van der Waals surface area contributed by atoms with Crippen LogP contribution in [-0.2, 0) is 9.59 Å². The van der Waals surface area contributed by atoms with E-state index in [-0.39, 0.29) is 28.4 Å². The van der Waals surface area contributed by atoms with Crippen molar-refractivity contribution in [1.82, 2.24) is 15.2 Å². The molecule has 0 aliphatic rings. The Morgan fingerprint density at radius 3 is 2.43 bits per heavy atom. The molecule has 3 aromatic rings. The lowest BCUT2D eigenvalue weighted by molar-refractivity contribution is -0.114. The third kappa shape index (κ3) is 5.04. The molecule has 2 amide bonds. The number of amides is 2. The number of thioether (sulfide) groups is 1. The molecule has 0 bridgehead atoms. The van der Waals surface area contributed by atoms with Gasteiger partial charge in [0.1, 0.15) is 0 Å². The highest BCUT2D eigenvalue weighted by Gasteiger charge is 2.13. The van der Waals surface area contributed by atoms with Crippen LogP contribution in [0.3, 0.4) is 0 Å². The smallest absolute Gasteiger partial charge is 0.278 e. The Labute approximate surface area is 164 Å². The standard InChI is InChI=1S/C19H17N5O3S/c1-12(25)20-15-10-6-5-9-14(15)17-18(27)22-19(24-23-17)28-11-16(26)21-13-7-3-2-4-8-13/h2-10H,11H2,1H3,(H,20,25)(H,21,26)(H,22,24,27). The highest BCUT2D eigenvalue weighted by molar-refractivity contribution is 7.99.